The van der Waals surface area contributed by atoms with E-state index in [1.807, 2.05) is 0 Å². The highest BCUT2D eigenvalue weighted by Crippen LogP contribution is 2.61. The lowest BCUT2D eigenvalue weighted by molar-refractivity contribution is -0.433. The Hall–Kier alpha value is -1.34. The number of Topliss-reactive ketones (excluding diaryl/α,β-unsaturated/α-hetero) is 1. The molecule has 8 rings (SSSR count). The minimum atomic E-state index is -4.07. The normalized spacial score (nSPS) is 44.2. The molecule has 200 valence electrons. The summed E-state index contributed by atoms with van der Waals surface area (Å²) >= 11 is -0.639. The maximum Gasteiger partial charge on any atom is 0.415 e. The molecule has 0 heterocycles. The molecule has 0 aromatic rings. The monoisotopic (exact) mass is 532 g/mol. The Kier molecular flexibility index (Phi) is 5.96. The van der Waals surface area contributed by atoms with E-state index in [1.165, 1.54) is 0 Å². The average molecular weight is 533 g/mol. The molecule has 0 radical (unpaired) electrons. The van der Waals surface area contributed by atoms with E-state index in [0.29, 0.717) is 50.2 Å². The van der Waals surface area contributed by atoms with Crippen molar-refractivity contribution in [2.45, 2.75) is 92.7 Å². The predicted molar refractivity (Wildman–Crippen MR) is 117 cm³/mol. The van der Waals surface area contributed by atoms with Gasteiger partial charge in [0.2, 0.25) is 0 Å². The van der Waals surface area contributed by atoms with E-state index in [9.17, 15) is 23.2 Å². The zero-order chi connectivity index (χ0) is 25.3. The zero-order valence-electron chi connectivity index (χ0n) is 19.7. The maximum absolute atomic E-state index is 14.1. The van der Waals surface area contributed by atoms with Crippen LogP contribution in [0.2, 0.25) is 0 Å². The Bertz CT molecular complexity index is 926. The smallest absolute Gasteiger partial charge is 0.415 e. The predicted octanol–water partition coefficient (Wildman–Crippen LogP) is 3.99. The molecule has 8 fully saturated rings. The van der Waals surface area contributed by atoms with E-state index in [-0.39, 0.29) is 36.7 Å². The molecule has 8 aliphatic rings. The first-order valence-electron chi connectivity index (χ1n) is 12.7. The Morgan fingerprint density at radius 1 is 0.889 bits per heavy atom. The zero-order valence-corrected chi connectivity index (χ0v) is 20.6. The minimum absolute atomic E-state index is 0.00621. The first kappa shape index (κ1) is 25.0. The molecule has 8 saturated carbocycles. The number of halogens is 2. The molecule has 9 nitrogen and oxygen atoms in total. The molecule has 36 heavy (non-hydrogen) atoms. The summed E-state index contributed by atoms with van der Waals surface area (Å²) in [5.74, 6) is -1.21. The fraction of sp³-hybridized carbons (Fsp3) is 0.875. The Morgan fingerprint density at radius 3 is 2.14 bits per heavy atom. The highest BCUT2D eigenvalue weighted by Gasteiger charge is 2.62. The molecule has 0 amide bonds. The number of carbonyl (C=O) groups is 3. The molecular weight excluding hydrogens is 502 g/mol. The molecule has 0 aromatic heterocycles. The van der Waals surface area contributed by atoms with E-state index < -0.39 is 46.0 Å². The number of carbonyl (C=O) groups excluding carboxylic acids is 3. The number of hydrogen-bond acceptors (Lipinski definition) is 10. The minimum Gasteiger partial charge on any atom is -0.457 e. The van der Waals surface area contributed by atoms with E-state index >= 15 is 0 Å². The summed E-state index contributed by atoms with van der Waals surface area (Å²) in [5, 5.41) is 7.25. The van der Waals surface area contributed by atoms with Crippen LogP contribution in [0.4, 0.5) is 8.78 Å². The summed E-state index contributed by atoms with van der Waals surface area (Å²) in [4.78, 5) is 37.6. The van der Waals surface area contributed by atoms with Crippen LogP contribution in [0.15, 0.2) is 0 Å². The van der Waals surface area contributed by atoms with E-state index in [0.717, 1.165) is 25.7 Å². The van der Waals surface area contributed by atoms with Crippen molar-refractivity contribution in [2.75, 3.05) is 6.61 Å². The molecule has 8 bridgehead atoms. The van der Waals surface area contributed by atoms with Crippen LogP contribution in [-0.2, 0) is 38.0 Å². The SMILES string of the molecule is O=C(COC12CC3CC(C1)CC(OC(=O)C(F)(F)SOOO)(C3)C2)OC12CC3CC(C1)C(=O)C(C3)C2. The standard InChI is InChI=1S/C24H30F2O9S/c25-24(26,36-35-34-30)20(29)33-23-7-14-1-15(8-23)6-22(5-14,12-23)31-11-18(27)32-21-4-13-2-16(9-21)19(28)17(3-13)10-21/h13-17,30H,1-12H2. The van der Waals surface area contributed by atoms with Crippen molar-refractivity contribution in [2.24, 2.45) is 29.6 Å². The molecule has 1 N–H and O–H groups in total. The van der Waals surface area contributed by atoms with Crippen LogP contribution in [-0.4, -0.2) is 51.6 Å². The fourth-order valence-corrected chi connectivity index (χ4v) is 9.24. The third-order valence-corrected chi connectivity index (χ3v) is 9.94. The highest BCUT2D eigenvalue weighted by molar-refractivity contribution is 7.96. The summed E-state index contributed by atoms with van der Waals surface area (Å²) in [6.07, 6.45) is 7.19. The van der Waals surface area contributed by atoms with Crippen LogP contribution < -0.4 is 0 Å². The largest absolute Gasteiger partial charge is 0.457 e. The van der Waals surface area contributed by atoms with E-state index in [2.05, 4.69) is 9.37 Å². The molecule has 4 atom stereocenters. The van der Waals surface area contributed by atoms with Crippen LogP contribution in [0.1, 0.15) is 70.6 Å². The van der Waals surface area contributed by atoms with Crippen molar-refractivity contribution in [1.29, 1.82) is 0 Å². The topological polar surface area (TPSA) is 118 Å². The second kappa shape index (κ2) is 8.59. The molecule has 12 heteroatoms. The number of alkyl halides is 2. The number of rotatable bonds is 9. The highest BCUT2D eigenvalue weighted by atomic mass is 32.2. The number of ketones is 1. The lowest BCUT2D eigenvalue weighted by Gasteiger charge is -2.60. The van der Waals surface area contributed by atoms with Gasteiger partial charge in [-0.05, 0) is 82.0 Å². The Labute approximate surface area is 210 Å². The van der Waals surface area contributed by atoms with Gasteiger partial charge in [0.25, 0.3) is 0 Å². The van der Waals surface area contributed by atoms with Crippen molar-refractivity contribution < 1.29 is 52.0 Å². The third-order valence-electron chi connectivity index (χ3n) is 9.43. The van der Waals surface area contributed by atoms with Gasteiger partial charge in [-0.1, -0.05) is 5.04 Å². The molecular formula is C24H30F2O9S. The maximum atomic E-state index is 14.1. The van der Waals surface area contributed by atoms with Gasteiger partial charge < -0.3 is 14.2 Å². The summed E-state index contributed by atoms with van der Waals surface area (Å²) < 4.78 is 49.5. The average Bonchev–Trinajstić information content (AvgIpc) is 2.78. The van der Waals surface area contributed by atoms with Gasteiger partial charge in [-0.3, -0.25) is 4.79 Å². The van der Waals surface area contributed by atoms with Gasteiger partial charge in [-0.15, -0.1) is 4.33 Å². The number of ether oxygens (including phenoxy) is 3. The second-order valence-electron chi connectivity index (χ2n) is 12.2. The van der Waals surface area contributed by atoms with E-state index in [4.69, 9.17) is 19.5 Å². The third kappa shape index (κ3) is 4.36. The molecule has 0 aromatic carbocycles. The van der Waals surface area contributed by atoms with Crippen LogP contribution in [0.5, 0.6) is 0 Å². The van der Waals surface area contributed by atoms with Gasteiger partial charge in [0.05, 0.1) is 5.60 Å². The summed E-state index contributed by atoms with van der Waals surface area (Å²) in [6.45, 7) is -0.257. The quantitative estimate of drug-likeness (QED) is 0.202. The molecule has 0 saturated heterocycles. The summed E-state index contributed by atoms with van der Waals surface area (Å²) in [5.41, 5.74) is -2.42. The Morgan fingerprint density at radius 2 is 1.50 bits per heavy atom. The van der Waals surface area contributed by atoms with E-state index in [1.54, 1.807) is 0 Å². The fourth-order valence-electron chi connectivity index (χ4n) is 9.02. The van der Waals surface area contributed by atoms with Gasteiger partial charge >= 0.3 is 17.2 Å². The lowest BCUT2D eigenvalue weighted by Crippen LogP contribution is -2.62. The van der Waals surface area contributed by atoms with Crippen molar-refractivity contribution in [3.05, 3.63) is 0 Å². The lowest BCUT2D eigenvalue weighted by atomic mass is 9.52. The van der Waals surface area contributed by atoms with Crippen LogP contribution >= 0.6 is 12.0 Å². The van der Waals surface area contributed by atoms with Gasteiger partial charge in [0.1, 0.15) is 35.6 Å². The molecule has 4 unspecified atom stereocenters. The first-order chi connectivity index (χ1) is 17.0. The van der Waals surface area contributed by atoms with Crippen LogP contribution in [0.25, 0.3) is 0 Å². The van der Waals surface area contributed by atoms with Crippen molar-refractivity contribution in [3.8, 4) is 0 Å². The van der Waals surface area contributed by atoms with Crippen LogP contribution in [0, 0.1) is 29.6 Å². The molecule has 0 aliphatic heterocycles. The van der Waals surface area contributed by atoms with Crippen LogP contribution in [0.3, 0.4) is 0 Å². The van der Waals surface area contributed by atoms with Gasteiger partial charge in [-0.2, -0.15) is 8.78 Å². The second-order valence-corrected chi connectivity index (χ2v) is 13.0. The van der Waals surface area contributed by atoms with Crippen molar-refractivity contribution in [1.82, 2.24) is 0 Å². The molecule has 8 aliphatic carbocycles. The first-order valence-corrected chi connectivity index (χ1v) is 13.4. The molecule has 0 spiro atoms. The summed E-state index contributed by atoms with van der Waals surface area (Å²) in [7, 11) is 0. The van der Waals surface area contributed by atoms with Gasteiger partial charge in [-0.25, -0.2) is 14.8 Å². The van der Waals surface area contributed by atoms with Crippen molar-refractivity contribution >= 4 is 29.8 Å². The Balaban J connectivity index is 1.10. The number of hydrogen-bond donors (Lipinski definition) is 1. The van der Waals surface area contributed by atoms with Gasteiger partial charge in [0.15, 0.2) is 0 Å². The summed E-state index contributed by atoms with van der Waals surface area (Å²) in [6, 6.07) is 0. The van der Waals surface area contributed by atoms with Crippen molar-refractivity contribution in [3.63, 3.8) is 0 Å². The number of esters is 2. The van der Waals surface area contributed by atoms with Gasteiger partial charge in [0, 0.05) is 18.3 Å².